The quantitative estimate of drug-likeness (QED) is 0.436. The van der Waals surface area contributed by atoms with E-state index in [0.29, 0.717) is 17.6 Å². The van der Waals surface area contributed by atoms with Crippen LogP contribution in [-0.4, -0.2) is 38.8 Å². The van der Waals surface area contributed by atoms with Crippen LogP contribution in [0.25, 0.3) is 5.52 Å². The average molecular weight is 407 g/mol. The second kappa shape index (κ2) is 7.62. The molecule has 4 rings (SSSR count). The maximum Gasteiger partial charge on any atom is 0.341 e. The minimum absolute atomic E-state index is 0.00297. The first-order chi connectivity index (χ1) is 14.4. The molecule has 2 aromatic heterocycles. The van der Waals surface area contributed by atoms with Crippen molar-refractivity contribution in [1.82, 2.24) is 9.38 Å². The van der Waals surface area contributed by atoms with Crippen LogP contribution in [0.5, 0.6) is 5.88 Å². The van der Waals surface area contributed by atoms with E-state index in [2.05, 4.69) is 4.98 Å². The molecule has 8 nitrogen and oxygen atoms in total. The van der Waals surface area contributed by atoms with Gasteiger partial charge in [-0.1, -0.05) is 30.3 Å². The van der Waals surface area contributed by atoms with Gasteiger partial charge in [-0.25, -0.2) is 9.78 Å². The van der Waals surface area contributed by atoms with Crippen LogP contribution in [0, 0.1) is 6.92 Å². The van der Waals surface area contributed by atoms with E-state index in [1.165, 1.54) is 0 Å². The van der Waals surface area contributed by atoms with Crippen molar-refractivity contribution >= 4 is 23.2 Å². The molecule has 0 spiro atoms. The Balaban J connectivity index is 2.01. The summed E-state index contributed by atoms with van der Waals surface area (Å²) in [5, 5.41) is 9.04. The Bertz CT molecular complexity index is 1160. The number of carboxylic acids is 1. The van der Waals surface area contributed by atoms with Crippen LogP contribution >= 0.6 is 0 Å². The minimum Gasteiger partial charge on any atom is -0.479 e. The molecule has 0 radical (unpaired) electrons. The third-order valence-electron chi connectivity index (χ3n) is 5.13. The summed E-state index contributed by atoms with van der Waals surface area (Å²) in [6.07, 6.45) is 4.09. The Labute approximate surface area is 172 Å². The number of nitrogens with two attached hydrogens (primary N) is 1. The van der Waals surface area contributed by atoms with E-state index in [0.717, 1.165) is 29.7 Å². The van der Waals surface area contributed by atoms with Gasteiger partial charge in [0.05, 0.1) is 11.3 Å². The number of aliphatic carboxylic acids is 1. The van der Waals surface area contributed by atoms with Gasteiger partial charge in [-0.05, 0) is 36.8 Å². The van der Waals surface area contributed by atoms with Crippen molar-refractivity contribution < 1.29 is 24.2 Å². The summed E-state index contributed by atoms with van der Waals surface area (Å²) >= 11 is 0. The van der Waals surface area contributed by atoms with E-state index in [1.807, 2.05) is 30.3 Å². The van der Waals surface area contributed by atoms with Crippen molar-refractivity contribution in [2.75, 3.05) is 6.61 Å². The van der Waals surface area contributed by atoms with Gasteiger partial charge < -0.3 is 20.0 Å². The number of benzene rings is 1. The molecule has 3 N–H and O–H groups in total. The van der Waals surface area contributed by atoms with Crippen molar-refractivity contribution in [2.45, 2.75) is 32.1 Å². The van der Waals surface area contributed by atoms with Crippen molar-refractivity contribution in [3.63, 3.8) is 0 Å². The molecule has 1 aliphatic carbocycles. The Morgan fingerprint density at radius 3 is 2.53 bits per heavy atom. The van der Waals surface area contributed by atoms with Gasteiger partial charge >= 0.3 is 5.97 Å². The summed E-state index contributed by atoms with van der Waals surface area (Å²) in [7, 11) is 0. The zero-order valence-corrected chi connectivity index (χ0v) is 16.4. The SMILES string of the molecule is Cc1cn2c(Cc3ccccc3)c(C3CC3)c(C(=O)C(N)=O)c2c(OCC(=O)O)n1. The number of primary amides is 1. The molecule has 1 saturated carbocycles. The highest BCUT2D eigenvalue weighted by Crippen LogP contribution is 2.47. The first-order valence-electron chi connectivity index (χ1n) is 9.64. The minimum atomic E-state index is -1.17. The second-order valence-corrected chi connectivity index (χ2v) is 7.45. The highest BCUT2D eigenvalue weighted by molar-refractivity contribution is 6.44. The summed E-state index contributed by atoms with van der Waals surface area (Å²) in [4.78, 5) is 40.1. The molecule has 0 atom stereocenters. The number of ketones is 1. The van der Waals surface area contributed by atoms with Crippen molar-refractivity contribution in [1.29, 1.82) is 0 Å². The topological polar surface area (TPSA) is 124 Å². The van der Waals surface area contributed by atoms with Crippen LogP contribution in [0.15, 0.2) is 36.5 Å². The lowest BCUT2D eigenvalue weighted by Crippen LogP contribution is -2.24. The molecule has 1 aliphatic rings. The van der Waals surface area contributed by atoms with E-state index >= 15 is 0 Å². The molecular weight excluding hydrogens is 386 g/mol. The predicted octanol–water partition coefficient (Wildman–Crippen LogP) is 2.24. The van der Waals surface area contributed by atoms with Crippen LogP contribution < -0.4 is 10.5 Å². The maximum atomic E-state index is 12.9. The fraction of sp³-hybridized carbons (Fsp3) is 0.273. The number of hydrogen-bond acceptors (Lipinski definition) is 5. The van der Waals surface area contributed by atoms with E-state index in [1.54, 1.807) is 17.5 Å². The van der Waals surface area contributed by atoms with E-state index in [4.69, 9.17) is 15.6 Å². The smallest absolute Gasteiger partial charge is 0.341 e. The molecule has 154 valence electrons. The van der Waals surface area contributed by atoms with Gasteiger partial charge in [-0.3, -0.25) is 9.59 Å². The normalized spacial score (nSPS) is 13.4. The van der Waals surface area contributed by atoms with Gasteiger partial charge in [-0.2, -0.15) is 0 Å². The first-order valence-corrected chi connectivity index (χ1v) is 9.64. The predicted molar refractivity (Wildman–Crippen MR) is 108 cm³/mol. The van der Waals surface area contributed by atoms with Gasteiger partial charge in [0.25, 0.3) is 11.7 Å². The fourth-order valence-corrected chi connectivity index (χ4v) is 3.80. The number of aryl methyl sites for hydroxylation is 1. The van der Waals surface area contributed by atoms with Crippen LogP contribution in [0.4, 0.5) is 0 Å². The van der Waals surface area contributed by atoms with Crippen molar-refractivity contribution in [3.05, 3.63) is 64.6 Å². The van der Waals surface area contributed by atoms with Crippen LogP contribution in [-0.2, 0) is 16.0 Å². The Morgan fingerprint density at radius 1 is 1.23 bits per heavy atom. The van der Waals surface area contributed by atoms with Crippen LogP contribution in [0.2, 0.25) is 0 Å². The van der Waals surface area contributed by atoms with Gasteiger partial charge in [0.1, 0.15) is 5.52 Å². The molecule has 1 fully saturated rings. The molecule has 30 heavy (non-hydrogen) atoms. The Hall–Kier alpha value is -3.68. The Kier molecular flexibility index (Phi) is 4.99. The van der Waals surface area contributed by atoms with Crippen molar-refractivity contribution in [2.24, 2.45) is 5.73 Å². The third-order valence-corrected chi connectivity index (χ3v) is 5.13. The summed E-state index contributed by atoms with van der Waals surface area (Å²) in [5.41, 5.74) is 9.08. The molecule has 8 heteroatoms. The van der Waals surface area contributed by atoms with Gasteiger partial charge in [0.15, 0.2) is 6.61 Å². The van der Waals surface area contributed by atoms with E-state index in [9.17, 15) is 14.4 Å². The highest BCUT2D eigenvalue weighted by Gasteiger charge is 2.37. The lowest BCUT2D eigenvalue weighted by atomic mass is 9.98. The monoisotopic (exact) mass is 407 g/mol. The largest absolute Gasteiger partial charge is 0.479 e. The highest BCUT2D eigenvalue weighted by atomic mass is 16.5. The molecule has 1 amide bonds. The van der Waals surface area contributed by atoms with Gasteiger partial charge in [0, 0.05) is 18.3 Å². The summed E-state index contributed by atoms with van der Waals surface area (Å²) in [5.74, 6) is -2.92. The molecule has 0 bridgehead atoms. The van der Waals surface area contributed by atoms with Crippen molar-refractivity contribution in [3.8, 4) is 5.88 Å². The number of aromatic nitrogens is 2. The zero-order chi connectivity index (χ0) is 21.4. The number of ether oxygens (including phenoxy) is 1. The maximum absolute atomic E-state index is 12.9. The summed E-state index contributed by atoms with van der Waals surface area (Å²) < 4.78 is 7.22. The second-order valence-electron chi connectivity index (χ2n) is 7.45. The third kappa shape index (κ3) is 3.63. The molecule has 2 heterocycles. The average Bonchev–Trinajstić information content (AvgIpc) is 3.50. The molecule has 0 unspecified atom stereocenters. The summed E-state index contributed by atoms with van der Waals surface area (Å²) in [6.45, 7) is 1.14. The number of rotatable bonds is 8. The lowest BCUT2D eigenvalue weighted by molar-refractivity contribution is -0.139. The number of fused-ring (bicyclic) bond motifs is 1. The number of carbonyl (C=O) groups excluding carboxylic acids is 2. The molecule has 1 aromatic carbocycles. The molecular formula is C22H21N3O5. The number of amides is 1. The number of carboxylic acid groups (broad SMARTS) is 1. The van der Waals surface area contributed by atoms with E-state index < -0.39 is 24.3 Å². The number of Topliss-reactive ketones (excluding diaryl/α,β-unsaturated/α-hetero) is 1. The molecule has 0 aliphatic heterocycles. The number of carbonyl (C=O) groups is 3. The molecule has 3 aromatic rings. The van der Waals surface area contributed by atoms with Crippen LogP contribution in [0.1, 0.15) is 51.6 Å². The zero-order valence-electron chi connectivity index (χ0n) is 16.4. The lowest BCUT2D eigenvalue weighted by Gasteiger charge is -2.10. The fourth-order valence-electron chi connectivity index (χ4n) is 3.80. The molecule has 0 saturated heterocycles. The van der Waals surface area contributed by atoms with E-state index in [-0.39, 0.29) is 17.4 Å². The number of nitrogens with zero attached hydrogens (tertiary/aromatic N) is 2. The standard InChI is InChI=1S/C22H21N3O5/c1-12-10-25-15(9-13-5-3-2-4-6-13)17(14-7-8-14)18(20(28)21(23)29)19(25)22(24-12)30-11-16(26)27/h2-6,10,14H,7-9,11H2,1H3,(H2,23,29)(H,26,27). The van der Waals surface area contributed by atoms with Gasteiger partial charge in [-0.15, -0.1) is 0 Å². The number of hydrogen-bond donors (Lipinski definition) is 2. The summed E-state index contributed by atoms with van der Waals surface area (Å²) in [6, 6.07) is 9.77. The van der Waals surface area contributed by atoms with Gasteiger partial charge in [0.2, 0.25) is 5.88 Å². The first kappa shape index (κ1) is 19.6. The Morgan fingerprint density at radius 2 is 1.93 bits per heavy atom. The van der Waals surface area contributed by atoms with Crippen LogP contribution in [0.3, 0.4) is 0 Å².